The molecule has 1 saturated heterocycles. The van der Waals surface area contributed by atoms with E-state index in [1.807, 2.05) is 6.92 Å². The number of carbonyl (C=O) groups excluding carboxylic acids is 1. The fourth-order valence-corrected chi connectivity index (χ4v) is 1.83. The SMILES string of the molecule is CC1CN(Cc2nnn(C)n2)CCC1=O. The van der Waals surface area contributed by atoms with Gasteiger partial charge in [-0.3, -0.25) is 9.69 Å². The number of Topliss-reactive ketones (excluding diaryl/α,β-unsaturated/α-hetero) is 1. The molecule has 1 atom stereocenters. The Kier molecular flexibility index (Phi) is 2.77. The molecule has 1 aliphatic rings. The van der Waals surface area contributed by atoms with Crippen molar-refractivity contribution in [1.29, 1.82) is 0 Å². The van der Waals surface area contributed by atoms with Crippen LogP contribution in [0.15, 0.2) is 0 Å². The van der Waals surface area contributed by atoms with Crippen LogP contribution in [0, 0.1) is 5.92 Å². The maximum Gasteiger partial charge on any atom is 0.188 e. The summed E-state index contributed by atoms with van der Waals surface area (Å²) in [4.78, 5) is 15.0. The van der Waals surface area contributed by atoms with Gasteiger partial charge in [0, 0.05) is 25.4 Å². The first-order chi connectivity index (χ1) is 7.15. The number of rotatable bonds is 2. The molecular weight excluding hydrogens is 194 g/mol. The summed E-state index contributed by atoms with van der Waals surface area (Å²) < 4.78 is 0. The number of aryl methyl sites for hydroxylation is 1. The molecule has 2 heterocycles. The van der Waals surface area contributed by atoms with Crippen molar-refractivity contribution in [3.8, 4) is 0 Å². The molecule has 1 aromatic rings. The van der Waals surface area contributed by atoms with E-state index in [1.165, 1.54) is 4.80 Å². The number of nitrogens with zero attached hydrogens (tertiary/aromatic N) is 5. The summed E-state index contributed by atoms with van der Waals surface area (Å²) in [5.74, 6) is 1.22. The van der Waals surface area contributed by atoms with Gasteiger partial charge in [0.2, 0.25) is 0 Å². The molecule has 0 spiro atoms. The lowest BCUT2D eigenvalue weighted by Gasteiger charge is -2.28. The quantitative estimate of drug-likeness (QED) is 0.664. The second-order valence-electron chi connectivity index (χ2n) is 4.05. The monoisotopic (exact) mass is 209 g/mol. The minimum Gasteiger partial charge on any atom is -0.299 e. The van der Waals surface area contributed by atoms with Crippen LogP contribution in [-0.4, -0.2) is 44.0 Å². The fraction of sp³-hybridized carbons (Fsp3) is 0.778. The lowest BCUT2D eigenvalue weighted by Crippen LogP contribution is -2.39. The Labute approximate surface area is 88.2 Å². The van der Waals surface area contributed by atoms with Crippen LogP contribution in [-0.2, 0) is 18.4 Å². The maximum absolute atomic E-state index is 11.3. The number of aromatic nitrogens is 4. The highest BCUT2D eigenvalue weighted by atomic mass is 16.1. The number of carbonyl (C=O) groups is 1. The summed E-state index contributed by atoms with van der Waals surface area (Å²) >= 11 is 0. The van der Waals surface area contributed by atoms with Crippen molar-refractivity contribution in [2.45, 2.75) is 19.9 Å². The Morgan fingerprint density at radius 2 is 2.33 bits per heavy atom. The zero-order valence-electron chi connectivity index (χ0n) is 9.05. The van der Waals surface area contributed by atoms with Crippen molar-refractivity contribution in [3.05, 3.63) is 5.82 Å². The van der Waals surface area contributed by atoms with E-state index in [0.29, 0.717) is 18.7 Å². The first kappa shape index (κ1) is 10.2. The van der Waals surface area contributed by atoms with Crippen LogP contribution >= 0.6 is 0 Å². The Bertz CT molecular complexity index is 361. The number of tetrazole rings is 1. The summed E-state index contributed by atoms with van der Waals surface area (Å²) in [6, 6.07) is 0. The summed E-state index contributed by atoms with van der Waals surface area (Å²) in [6.45, 7) is 4.27. The van der Waals surface area contributed by atoms with Crippen LogP contribution in [0.1, 0.15) is 19.2 Å². The molecule has 0 aromatic carbocycles. The molecule has 0 radical (unpaired) electrons. The van der Waals surface area contributed by atoms with Gasteiger partial charge in [-0.1, -0.05) is 6.92 Å². The molecule has 1 unspecified atom stereocenters. The van der Waals surface area contributed by atoms with Gasteiger partial charge in [-0.25, -0.2) is 0 Å². The van der Waals surface area contributed by atoms with Gasteiger partial charge in [0.1, 0.15) is 5.78 Å². The fourth-order valence-electron chi connectivity index (χ4n) is 1.83. The van der Waals surface area contributed by atoms with E-state index in [4.69, 9.17) is 0 Å². The van der Waals surface area contributed by atoms with E-state index in [-0.39, 0.29) is 5.92 Å². The molecule has 0 amide bonds. The van der Waals surface area contributed by atoms with Crippen LogP contribution in [0.25, 0.3) is 0 Å². The van der Waals surface area contributed by atoms with Crippen molar-refractivity contribution in [2.24, 2.45) is 13.0 Å². The van der Waals surface area contributed by atoms with Crippen molar-refractivity contribution >= 4 is 5.78 Å². The number of ketones is 1. The number of hydrogen-bond acceptors (Lipinski definition) is 5. The molecular formula is C9H15N5O. The van der Waals surface area contributed by atoms with E-state index in [0.717, 1.165) is 18.9 Å². The topological polar surface area (TPSA) is 63.9 Å². The lowest BCUT2D eigenvalue weighted by atomic mass is 9.99. The van der Waals surface area contributed by atoms with Gasteiger partial charge in [0.25, 0.3) is 0 Å². The van der Waals surface area contributed by atoms with Crippen molar-refractivity contribution in [3.63, 3.8) is 0 Å². The summed E-state index contributed by atoms with van der Waals surface area (Å²) in [7, 11) is 1.75. The molecule has 0 saturated carbocycles. The van der Waals surface area contributed by atoms with Crippen LogP contribution in [0.5, 0.6) is 0 Å². The molecule has 1 aliphatic heterocycles. The lowest BCUT2D eigenvalue weighted by molar-refractivity contribution is -0.125. The largest absolute Gasteiger partial charge is 0.299 e. The highest BCUT2D eigenvalue weighted by molar-refractivity contribution is 5.81. The van der Waals surface area contributed by atoms with Gasteiger partial charge in [-0.2, -0.15) is 4.80 Å². The van der Waals surface area contributed by atoms with Crippen LogP contribution in [0.3, 0.4) is 0 Å². The van der Waals surface area contributed by atoms with Gasteiger partial charge in [0.15, 0.2) is 5.82 Å². The smallest absolute Gasteiger partial charge is 0.188 e. The zero-order valence-corrected chi connectivity index (χ0v) is 9.05. The Hall–Kier alpha value is -1.30. The van der Waals surface area contributed by atoms with E-state index >= 15 is 0 Å². The minimum absolute atomic E-state index is 0.135. The third-order valence-electron chi connectivity index (χ3n) is 2.67. The minimum atomic E-state index is 0.135. The van der Waals surface area contributed by atoms with Gasteiger partial charge in [-0.05, 0) is 5.21 Å². The predicted octanol–water partition coefficient (Wildman–Crippen LogP) is -0.379. The molecule has 0 aliphatic carbocycles. The second-order valence-corrected chi connectivity index (χ2v) is 4.05. The van der Waals surface area contributed by atoms with Crippen LogP contribution in [0.4, 0.5) is 0 Å². The van der Waals surface area contributed by atoms with E-state index in [1.54, 1.807) is 7.05 Å². The molecule has 6 nitrogen and oxygen atoms in total. The Balaban J connectivity index is 1.93. The zero-order chi connectivity index (χ0) is 10.8. The van der Waals surface area contributed by atoms with E-state index in [9.17, 15) is 4.79 Å². The number of piperidine rings is 1. The van der Waals surface area contributed by atoms with Crippen molar-refractivity contribution in [2.75, 3.05) is 13.1 Å². The molecule has 82 valence electrons. The molecule has 0 N–H and O–H groups in total. The van der Waals surface area contributed by atoms with E-state index in [2.05, 4.69) is 20.3 Å². The molecule has 1 aromatic heterocycles. The maximum atomic E-state index is 11.3. The Morgan fingerprint density at radius 1 is 1.53 bits per heavy atom. The van der Waals surface area contributed by atoms with Crippen LogP contribution < -0.4 is 0 Å². The third kappa shape index (κ3) is 2.38. The van der Waals surface area contributed by atoms with Crippen LogP contribution in [0.2, 0.25) is 0 Å². The standard InChI is InChI=1S/C9H15N5O/c1-7-5-14(4-3-8(7)15)6-9-10-12-13(2)11-9/h7H,3-6H2,1-2H3. The highest BCUT2D eigenvalue weighted by Crippen LogP contribution is 2.13. The molecule has 0 bridgehead atoms. The number of likely N-dealkylation sites (tertiary alicyclic amines) is 1. The van der Waals surface area contributed by atoms with Gasteiger partial charge in [0.05, 0.1) is 13.6 Å². The second kappa shape index (κ2) is 4.06. The van der Waals surface area contributed by atoms with Gasteiger partial charge >= 0.3 is 0 Å². The normalized spacial score (nSPS) is 23.3. The van der Waals surface area contributed by atoms with Gasteiger partial charge in [-0.15, -0.1) is 10.2 Å². The molecule has 2 rings (SSSR count). The molecule has 6 heteroatoms. The molecule has 15 heavy (non-hydrogen) atoms. The first-order valence-electron chi connectivity index (χ1n) is 5.13. The highest BCUT2D eigenvalue weighted by Gasteiger charge is 2.24. The summed E-state index contributed by atoms with van der Waals surface area (Å²) in [6.07, 6.45) is 0.640. The summed E-state index contributed by atoms with van der Waals surface area (Å²) in [5.41, 5.74) is 0. The van der Waals surface area contributed by atoms with Crippen molar-refractivity contribution in [1.82, 2.24) is 25.1 Å². The Morgan fingerprint density at radius 3 is 2.93 bits per heavy atom. The first-order valence-corrected chi connectivity index (χ1v) is 5.13. The number of hydrogen-bond donors (Lipinski definition) is 0. The predicted molar refractivity (Wildman–Crippen MR) is 52.9 cm³/mol. The van der Waals surface area contributed by atoms with Crippen molar-refractivity contribution < 1.29 is 4.79 Å². The third-order valence-corrected chi connectivity index (χ3v) is 2.67. The summed E-state index contributed by atoms with van der Waals surface area (Å²) in [5, 5.41) is 11.8. The average Bonchev–Trinajstić information content (AvgIpc) is 2.58. The average molecular weight is 209 g/mol. The van der Waals surface area contributed by atoms with Gasteiger partial charge < -0.3 is 0 Å². The molecule has 1 fully saturated rings. The van der Waals surface area contributed by atoms with E-state index < -0.39 is 0 Å².